The summed E-state index contributed by atoms with van der Waals surface area (Å²) in [6.45, 7) is 6.30. The van der Waals surface area contributed by atoms with Gasteiger partial charge in [-0.1, -0.05) is 82.6 Å². The van der Waals surface area contributed by atoms with Gasteiger partial charge >= 0.3 is 0 Å². The molecule has 0 fully saturated rings. The van der Waals surface area contributed by atoms with Gasteiger partial charge in [0.15, 0.2) is 0 Å². The maximum absolute atomic E-state index is 5.50. The van der Waals surface area contributed by atoms with Gasteiger partial charge in [-0.3, -0.25) is 0 Å². The molecule has 0 unspecified atom stereocenters. The highest BCUT2D eigenvalue weighted by atomic mass is 16.5. The van der Waals surface area contributed by atoms with E-state index in [2.05, 4.69) is 38.1 Å². The third-order valence-electron chi connectivity index (χ3n) is 4.59. The van der Waals surface area contributed by atoms with Crippen LogP contribution in [0.15, 0.2) is 24.3 Å². The Morgan fingerprint density at radius 3 is 1.87 bits per heavy atom. The smallest absolute Gasteiger partial charge is 0.0466 e. The van der Waals surface area contributed by atoms with E-state index in [4.69, 9.17) is 4.74 Å². The molecule has 0 N–H and O–H groups in total. The summed E-state index contributed by atoms with van der Waals surface area (Å²) in [5.41, 5.74) is 2.99. The van der Waals surface area contributed by atoms with E-state index in [0.717, 1.165) is 19.6 Å². The second-order valence-corrected chi connectivity index (χ2v) is 6.82. The molecule has 0 aliphatic rings. The van der Waals surface area contributed by atoms with Crippen molar-refractivity contribution in [2.75, 3.05) is 13.2 Å². The number of benzene rings is 1. The molecule has 1 aromatic carbocycles. The van der Waals surface area contributed by atoms with Gasteiger partial charge in [-0.05, 0) is 43.7 Å². The zero-order valence-corrected chi connectivity index (χ0v) is 15.6. The average Bonchev–Trinajstić information content (AvgIpc) is 2.57. The van der Waals surface area contributed by atoms with E-state index in [0.29, 0.717) is 0 Å². The molecule has 0 saturated carbocycles. The van der Waals surface area contributed by atoms with Crippen LogP contribution in [0.2, 0.25) is 0 Å². The quantitative estimate of drug-likeness (QED) is 0.321. The lowest BCUT2D eigenvalue weighted by molar-refractivity contribution is 0.130. The summed E-state index contributed by atoms with van der Waals surface area (Å²) in [4.78, 5) is 0. The van der Waals surface area contributed by atoms with Crippen LogP contribution in [0.3, 0.4) is 0 Å². The second-order valence-electron chi connectivity index (χ2n) is 6.82. The van der Waals surface area contributed by atoms with Gasteiger partial charge in [0.1, 0.15) is 0 Å². The van der Waals surface area contributed by atoms with E-state index < -0.39 is 0 Å². The van der Waals surface area contributed by atoms with Gasteiger partial charge in [-0.15, -0.1) is 0 Å². The van der Waals surface area contributed by atoms with E-state index in [-0.39, 0.29) is 0 Å². The van der Waals surface area contributed by atoms with Gasteiger partial charge in [0, 0.05) is 13.2 Å². The molecule has 0 radical (unpaired) electrons. The highest BCUT2D eigenvalue weighted by Gasteiger charge is 1.97. The zero-order chi connectivity index (χ0) is 16.6. The molecule has 0 aliphatic carbocycles. The first-order valence-corrected chi connectivity index (χ1v) is 9.97. The fraction of sp³-hybridized carbons (Fsp3) is 0.727. The number of ether oxygens (including phenoxy) is 1. The van der Waals surface area contributed by atoms with E-state index in [9.17, 15) is 0 Å². The van der Waals surface area contributed by atoms with Gasteiger partial charge in [0.2, 0.25) is 0 Å². The van der Waals surface area contributed by atoms with E-state index >= 15 is 0 Å². The molecule has 0 aliphatic heterocycles. The number of hydrogen-bond donors (Lipinski definition) is 0. The first-order chi connectivity index (χ1) is 11.3. The summed E-state index contributed by atoms with van der Waals surface area (Å²) in [6.07, 6.45) is 16.2. The highest BCUT2D eigenvalue weighted by molar-refractivity contribution is 5.25. The van der Waals surface area contributed by atoms with Gasteiger partial charge in [0.25, 0.3) is 0 Å². The Morgan fingerprint density at radius 1 is 0.696 bits per heavy atom. The van der Waals surface area contributed by atoms with Crippen molar-refractivity contribution in [3.8, 4) is 0 Å². The van der Waals surface area contributed by atoms with Gasteiger partial charge < -0.3 is 4.74 Å². The van der Waals surface area contributed by atoms with Crippen molar-refractivity contribution in [3.05, 3.63) is 35.4 Å². The van der Waals surface area contributed by atoms with Crippen molar-refractivity contribution in [1.29, 1.82) is 0 Å². The fourth-order valence-electron chi connectivity index (χ4n) is 3.07. The van der Waals surface area contributed by atoms with Crippen LogP contribution in [0, 0.1) is 6.92 Å². The minimum Gasteiger partial charge on any atom is -0.381 e. The third kappa shape index (κ3) is 11.4. The van der Waals surface area contributed by atoms with Crippen molar-refractivity contribution in [2.24, 2.45) is 0 Å². The van der Waals surface area contributed by atoms with Gasteiger partial charge in [-0.25, -0.2) is 0 Å². The Balaban J connectivity index is 1.79. The first-order valence-electron chi connectivity index (χ1n) is 9.97. The normalized spacial score (nSPS) is 11.0. The summed E-state index contributed by atoms with van der Waals surface area (Å²) in [5.74, 6) is 0. The maximum Gasteiger partial charge on any atom is 0.0466 e. The largest absolute Gasteiger partial charge is 0.381 e. The molecule has 23 heavy (non-hydrogen) atoms. The summed E-state index contributed by atoms with van der Waals surface area (Å²) < 4.78 is 5.50. The molecule has 1 nitrogen and oxygen atoms in total. The standard InChI is InChI=1S/C22H38O/c1-3-19-23-20-15-11-9-7-5-4-6-8-10-12-17-22-18-14-13-16-21(22)2/h13-14,16,18H,3-12,15,17,19-20H2,1-2H3. The lowest BCUT2D eigenvalue weighted by Gasteiger charge is -2.06. The Labute approximate surface area is 144 Å². The Hall–Kier alpha value is -0.820. The van der Waals surface area contributed by atoms with Crippen LogP contribution >= 0.6 is 0 Å². The maximum atomic E-state index is 5.50. The highest BCUT2D eigenvalue weighted by Crippen LogP contribution is 2.14. The molecular weight excluding hydrogens is 280 g/mol. The molecule has 0 spiro atoms. The molecule has 1 heteroatoms. The molecule has 1 aromatic rings. The second kappa shape index (κ2) is 14.8. The number of rotatable bonds is 15. The van der Waals surface area contributed by atoms with Crippen LogP contribution in [0.5, 0.6) is 0 Å². The summed E-state index contributed by atoms with van der Waals surface area (Å²) >= 11 is 0. The molecule has 0 bridgehead atoms. The fourth-order valence-corrected chi connectivity index (χ4v) is 3.07. The molecule has 0 aromatic heterocycles. The lowest BCUT2D eigenvalue weighted by Crippen LogP contribution is -1.95. The summed E-state index contributed by atoms with van der Waals surface area (Å²) in [7, 11) is 0. The van der Waals surface area contributed by atoms with Crippen LogP contribution in [0.1, 0.15) is 88.7 Å². The van der Waals surface area contributed by atoms with Crippen molar-refractivity contribution >= 4 is 0 Å². The van der Waals surface area contributed by atoms with Crippen molar-refractivity contribution in [3.63, 3.8) is 0 Å². The van der Waals surface area contributed by atoms with Crippen LogP contribution in [-0.4, -0.2) is 13.2 Å². The minimum atomic E-state index is 0.934. The van der Waals surface area contributed by atoms with E-state index in [1.807, 2.05) is 0 Å². The molecular formula is C22H38O. The molecule has 0 amide bonds. The van der Waals surface area contributed by atoms with Crippen LogP contribution < -0.4 is 0 Å². The molecule has 0 atom stereocenters. The minimum absolute atomic E-state index is 0.934. The number of unbranched alkanes of at least 4 members (excludes halogenated alkanes) is 9. The van der Waals surface area contributed by atoms with E-state index in [1.165, 1.54) is 81.8 Å². The predicted molar refractivity (Wildman–Crippen MR) is 102 cm³/mol. The average molecular weight is 319 g/mol. The Kier molecular flexibility index (Phi) is 13.0. The third-order valence-corrected chi connectivity index (χ3v) is 4.59. The van der Waals surface area contributed by atoms with Crippen molar-refractivity contribution < 1.29 is 4.74 Å². The topological polar surface area (TPSA) is 9.23 Å². The summed E-state index contributed by atoms with van der Waals surface area (Å²) in [5, 5.41) is 0. The molecule has 1 rings (SSSR count). The molecule has 132 valence electrons. The zero-order valence-electron chi connectivity index (χ0n) is 15.6. The lowest BCUT2D eigenvalue weighted by atomic mass is 10.0. The SMILES string of the molecule is CCCOCCCCCCCCCCCCc1ccccc1C. The van der Waals surface area contributed by atoms with Crippen LogP contribution in [0.25, 0.3) is 0 Å². The van der Waals surface area contributed by atoms with Crippen LogP contribution in [-0.2, 0) is 11.2 Å². The van der Waals surface area contributed by atoms with Crippen LogP contribution in [0.4, 0.5) is 0 Å². The van der Waals surface area contributed by atoms with Gasteiger partial charge in [0.05, 0.1) is 0 Å². The predicted octanol–water partition coefficient (Wildman–Crippen LogP) is 6.87. The van der Waals surface area contributed by atoms with E-state index in [1.54, 1.807) is 0 Å². The van der Waals surface area contributed by atoms with Crippen molar-refractivity contribution in [1.82, 2.24) is 0 Å². The molecule has 0 saturated heterocycles. The van der Waals surface area contributed by atoms with Gasteiger partial charge in [-0.2, -0.15) is 0 Å². The number of hydrogen-bond acceptors (Lipinski definition) is 1. The Morgan fingerprint density at radius 2 is 1.26 bits per heavy atom. The van der Waals surface area contributed by atoms with Crippen molar-refractivity contribution in [2.45, 2.75) is 90.9 Å². The number of aryl methyl sites for hydroxylation is 2. The molecule has 0 heterocycles. The Bertz CT molecular complexity index is 372. The summed E-state index contributed by atoms with van der Waals surface area (Å²) in [6, 6.07) is 8.81. The first kappa shape index (κ1) is 20.2. The monoisotopic (exact) mass is 318 g/mol.